The lowest BCUT2D eigenvalue weighted by Gasteiger charge is -2.08. The fraction of sp³-hybridized carbons (Fsp3) is 0.214. The van der Waals surface area contributed by atoms with Crippen LogP contribution in [0.5, 0.6) is 5.75 Å². The highest BCUT2D eigenvalue weighted by Crippen LogP contribution is 2.17. The van der Waals surface area contributed by atoms with Crippen molar-refractivity contribution < 1.29 is 9.53 Å². The molecule has 1 N–H and O–H groups in total. The number of fused-ring (bicyclic) bond motifs is 1. The Kier molecular flexibility index (Phi) is 3.83. The molecular weight excluding hydrogens is 288 g/mol. The van der Waals surface area contributed by atoms with E-state index in [-0.39, 0.29) is 5.91 Å². The molecule has 0 spiro atoms. The average molecular weight is 302 g/mol. The van der Waals surface area contributed by atoms with Gasteiger partial charge in [0.2, 0.25) is 4.96 Å². The van der Waals surface area contributed by atoms with Crippen molar-refractivity contribution in [1.29, 1.82) is 0 Å². The van der Waals surface area contributed by atoms with Gasteiger partial charge in [0, 0.05) is 24.0 Å². The van der Waals surface area contributed by atoms with Gasteiger partial charge in [-0.25, -0.2) is 0 Å². The van der Waals surface area contributed by atoms with Crippen molar-refractivity contribution >= 4 is 22.2 Å². The molecule has 0 saturated heterocycles. The minimum Gasteiger partial charge on any atom is -0.496 e. The van der Waals surface area contributed by atoms with Gasteiger partial charge in [-0.15, -0.1) is 21.5 Å². The van der Waals surface area contributed by atoms with Crippen molar-refractivity contribution in [3.05, 3.63) is 47.2 Å². The Morgan fingerprint density at radius 2 is 2.29 bits per heavy atom. The molecule has 2 heterocycles. The van der Waals surface area contributed by atoms with Crippen LogP contribution in [0.2, 0.25) is 0 Å². The van der Waals surface area contributed by atoms with Crippen molar-refractivity contribution in [2.45, 2.75) is 6.42 Å². The molecule has 7 heteroatoms. The molecule has 0 atom stereocenters. The molecule has 6 nitrogen and oxygen atoms in total. The monoisotopic (exact) mass is 302 g/mol. The van der Waals surface area contributed by atoms with E-state index >= 15 is 0 Å². The number of rotatable bonds is 5. The van der Waals surface area contributed by atoms with E-state index in [1.54, 1.807) is 25.6 Å². The van der Waals surface area contributed by atoms with Crippen LogP contribution in [0.4, 0.5) is 0 Å². The Balaban J connectivity index is 1.63. The first-order valence-corrected chi connectivity index (χ1v) is 7.35. The molecule has 0 unspecified atom stereocenters. The third kappa shape index (κ3) is 2.73. The number of aromatic nitrogens is 3. The van der Waals surface area contributed by atoms with Crippen LogP contribution in [-0.2, 0) is 6.42 Å². The largest absolute Gasteiger partial charge is 0.496 e. The highest BCUT2D eigenvalue weighted by atomic mass is 32.1. The molecule has 0 aliphatic heterocycles. The highest BCUT2D eigenvalue weighted by molar-refractivity contribution is 7.15. The van der Waals surface area contributed by atoms with Gasteiger partial charge in [0.1, 0.15) is 12.1 Å². The van der Waals surface area contributed by atoms with Crippen molar-refractivity contribution in [3.8, 4) is 5.75 Å². The highest BCUT2D eigenvalue weighted by Gasteiger charge is 2.11. The summed E-state index contributed by atoms with van der Waals surface area (Å²) < 4.78 is 7.12. The molecule has 2 aromatic heterocycles. The molecule has 0 bridgehead atoms. The Labute approximate surface area is 125 Å². The van der Waals surface area contributed by atoms with Crippen LogP contribution in [0.15, 0.2) is 36.0 Å². The zero-order valence-electron chi connectivity index (χ0n) is 11.4. The van der Waals surface area contributed by atoms with Gasteiger partial charge >= 0.3 is 0 Å². The predicted octanol–water partition coefficient (Wildman–Crippen LogP) is 1.77. The molecule has 1 aromatic carbocycles. The number of hydrogen-bond acceptors (Lipinski definition) is 5. The smallest absolute Gasteiger partial charge is 0.255 e. The van der Waals surface area contributed by atoms with Crippen molar-refractivity contribution in [3.63, 3.8) is 0 Å². The predicted molar refractivity (Wildman–Crippen MR) is 79.9 cm³/mol. The quantitative estimate of drug-likeness (QED) is 0.780. The Hall–Kier alpha value is -2.41. The second-order valence-electron chi connectivity index (χ2n) is 4.42. The molecular formula is C14H14N4O2S. The Bertz CT molecular complexity index is 765. The van der Waals surface area contributed by atoms with E-state index in [4.69, 9.17) is 4.74 Å². The zero-order valence-corrected chi connectivity index (χ0v) is 12.3. The summed E-state index contributed by atoms with van der Waals surface area (Å²) in [7, 11) is 1.56. The van der Waals surface area contributed by atoms with E-state index in [1.165, 1.54) is 11.3 Å². The van der Waals surface area contributed by atoms with Crippen LogP contribution < -0.4 is 10.1 Å². The van der Waals surface area contributed by atoms with Crippen LogP contribution in [0.3, 0.4) is 0 Å². The number of nitrogens with zero attached hydrogens (tertiary/aromatic N) is 3. The van der Waals surface area contributed by atoms with E-state index in [0.717, 1.165) is 17.1 Å². The fourth-order valence-electron chi connectivity index (χ4n) is 2.09. The molecule has 0 aliphatic carbocycles. The summed E-state index contributed by atoms with van der Waals surface area (Å²) in [6.45, 7) is 0.543. The summed E-state index contributed by atoms with van der Waals surface area (Å²) in [6, 6.07) is 7.17. The van der Waals surface area contributed by atoms with E-state index in [9.17, 15) is 4.79 Å². The van der Waals surface area contributed by atoms with Gasteiger partial charge in [-0.3, -0.25) is 9.20 Å². The molecule has 1 amide bonds. The molecule has 0 radical (unpaired) electrons. The Morgan fingerprint density at radius 3 is 3.14 bits per heavy atom. The lowest BCUT2D eigenvalue weighted by molar-refractivity contribution is 0.0951. The molecule has 108 valence electrons. The third-order valence-corrected chi connectivity index (χ3v) is 4.02. The second kappa shape index (κ2) is 5.92. The van der Waals surface area contributed by atoms with Gasteiger partial charge in [0.25, 0.3) is 5.91 Å². The zero-order chi connectivity index (χ0) is 14.7. The normalized spacial score (nSPS) is 10.7. The van der Waals surface area contributed by atoms with Gasteiger partial charge in [0.15, 0.2) is 0 Å². The molecule has 0 fully saturated rings. The van der Waals surface area contributed by atoms with Crippen LogP contribution in [0.1, 0.15) is 16.1 Å². The maximum atomic E-state index is 12.1. The van der Waals surface area contributed by atoms with E-state index in [0.29, 0.717) is 17.9 Å². The summed E-state index contributed by atoms with van der Waals surface area (Å²) >= 11 is 1.54. The average Bonchev–Trinajstić information content (AvgIpc) is 3.11. The lowest BCUT2D eigenvalue weighted by Crippen LogP contribution is -2.26. The summed E-state index contributed by atoms with van der Waals surface area (Å²) in [6.07, 6.45) is 2.40. The second-order valence-corrected chi connectivity index (χ2v) is 5.25. The van der Waals surface area contributed by atoms with Crippen LogP contribution in [-0.4, -0.2) is 34.2 Å². The summed E-state index contributed by atoms with van der Waals surface area (Å²) in [5, 5.41) is 12.8. The Morgan fingerprint density at radius 1 is 1.43 bits per heavy atom. The summed E-state index contributed by atoms with van der Waals surface area (Å²) in [5.74, 6) is 0.439. The maximum absolute atomic E-state index is 12.1. The molecule has 21 heavy (non-hydrogen) atoms. The first-order valence-electron chi connectivity index (χ1n) is 6.47. The molecule has 3 rings (SSSR count). The standard InChI is InChI=1S/C14H14N4O2S/c1-20-12-5-3-2-4-11(12)13(19)15-7-6-10-8-21-14-17-16-9-18(10)14/h2-5,8-9H,6-7H2,1H3,(H,15,19). The number of thiazole rings is 1. The lowest BCUT2D eigenvalue weighted by atomic mass is 10.2. The number of amides is 1. The number of hydrogen-bond donors (Lipinski definition) is 1. The number of carbonyl (C=O) groups excluding carboxylic acids is 1. The first-order chi connectivity index (χ1) is 10.3. The van der Waals surface area contributed by atoms with Gasteiger partial charge in [0.05, 0.1) is 12.7 Å². The van der Waals surface area contributed by atoms with E-state index in [1.807, 2.05) is 21.9 Å². The van der Waals surface area contributed by atoms with Gasteiger partial charge in [-0.05, 0) is 12.1 Å². The summed E-state index contributed by atoms with van der Waals surface area (Å²) in [5.41, 5.74) is 1.63. The topological polar surface area (TPSA) is 68.5 Å². The van der Waals surface area contributed by atoms with Crippen molar-refractivity contribution in [2.75, 3.05) is 13.7 Å². The van der Waals surface area contributed by atoms with Crippen LogP contribution in [0.25, 0.3) is 4.96 Å². The summed E-state index contributed by atoms with van der Waals surface area (Å²) in [4.78, 5) is 13.0. The van der Waals surface area contributed by atoms with Crippen LogP contribution >= 0.6 is 11.3 Å². The number of nitrogens with one attached hydrogen (secondary N) is 1. The number of ether oxygens (including phenoxy) is 1. The van der Waals surface area contributed by atoms with Crippen LogP contribution in [0, 0.1) is 0 Å². The number of benzene rings is 1. The fourth-order valence-corrected chi connectivity index (χ4v) is 2.94. The minimum absolute atomic E-state index is 0.136. The number of carbonyl (C=O) groups is 1. The SMILES string of the molecule is COc1ccccc1C(=O)NCCc1csc2nncn12. The number of methoxy groups -OCH3 is 1. The first kappa shape index (κ1) is 13.6. The van der Waals surface area contributed by atoms with Crippen molar-refractivity contribution in [1.82, 2.24) is 19.9 Å². The van der Waals surface area contributed by atoms with Gasteiger partial charge in [-0.2, -0.15) is 0 Å². The molecule has 3 aromatic rings. The number of para-hydroxylation sites is 1. The van der Waals surface area contributed by atoms with Crippen molar-refractivity contribution in [2.24, 2.45) is 0 Å². The molecule has 0 aliphatic rings. The minimum atomic E-state index is -0.136. The van der Waals surface area contributed by atoms with E-state index in [2.05, 4.69) is 15.5 Å². The van der Waals surface area contributed by atoms with Gasteiger partial charge in [-0.1, -0.05) is 12.1 Å². The molecule has 0 saturated carbocycles. The maximum Gasteiger partial charge on any atom is 0.255 e. The van der Waals surface area contributed by atoms with E-state index < -0.39 is 0 Å². The third-order valence-electron chi connectivity index (χ3n) is 3.14. The van der Waals surface area contributed by atoms with Gasteiger partial charge < -0.3 is 10.1 Å².